The number of Topliss-reactive ketones (excluding diaryl/α,β-unsaturated/α-hetero) is 1. The van der Waals surface area contributed by atoms with Gasteiger partial charge in [0.05, 0.1) is 6.54 Å². The van der Waals surface area contributed by atoms with Crippen molar-refractivity contribution in [1.29, 1.82) is 0 Å². The lowest BCUT2D eigenvalue weighted by atomic mass is 10.1. The van der Waals surface area contributed by atoms with Gasteiger partial charge in [0, 0.05) is 6.04 Å². The summed E-state index contributed by atoms with van der Waals surface area (Å²) < 4.78 is 0. The normalized spacial score (nSPS) is 17.5. The Morgan fingerprint density at radius 2 is 2.20 bits per heavy atom. The van der Waals surface area contributed by atoms with Gasteiger partial charge < -0.3 is 0 Å². The van der Waals surface area contributed by atoms with Crippen LogP contribution in [0, 0.1) is 5.92 Å². The highest BCUT2D eigenvalue weighted by atomic mass is 16.1. The second kappa shape index (κ2) is 5.26. The number of ketones is 1. The Labute approximate surface area is 92.7 Å². The molecule has 1 rings (SSSR count). The summed E-state index contributed by atoms with van der Waals surface area (Å²) in [6, 6.07) is 0.293. The van der Waals surface area contributed by atoms with E-state index in [-0.39, 0.29) is 5.78 Å². The van der Waals surface area contributed by atoms with Gasteiger partial charge in [0.15, 0.2) is 5.78 Å². The third kappa shape index (κ3) is 3.31. The molecule has 0 radical (unpaired) electrons. The lowest BCUT2D eigenvalue weighted by molar-refractivity contribution is -0.116. The molecule has 0 aromatic carbocycles. The minimum atomic E-state index is 0.195. The molecule has 0 heterocycles. The Morgan fingerprint density at radius 1 is 1.60 bits per heavy atom. The van der Waals surface area contributed by atoms with E-state index in [1.807, 2.05) is 18.0 Å². The van der Waals surface area contributed by atoms with E-state index >= 15 is 0 Å². The van der Waals surface area contributed by atoms with E-state index in [0.29, 0.717) is 18.5 Å². The molecule has 0 amide bonds. The predicted octanol–water partition coefficient (Wildman–Crippen LogP) is 2.42. The fourth-order valence-electron chi connectivity index (χ4n) is 1.76. The molecule has 0 saturated heterocycles. The molecule has 15 heavy (non-hydrogen) atoms. The van der Waals surface area contributed by atoms with Crippen molar-refractivity contribution >= 4 is 5.78 Å². The van der Waals surface area contributed by atoms with Crippen LogP contribution in [0.4, 0.5) is 0 Å². The zero-order valence-electron chi connectivity index (χ0n) is 9.83. The highest BCUT2D eigenvalue weighted by Crippen LogP contribution is 2.35. The Balaban J connectivity index is 2.42. The van der Waals surface area contributed by atoms with Gasteiger partial charge in [0.2, 0.25) is 0 Å². The van der Waals surface area contributed by atoms with Gasteiger partial charge in [-0.3, -0.25) is 9.69 Å². The SMILES string of the molecule is C=C[C@@H](CC)N(C)CC(=O)C(=C)C1CC1. The Morgan fingerprint density at radius 3 is 2.60 bits per heavy atom. The van der Waals surface area contributed by atoms with Crippen molar-refractivity contribution in [2.45, 2.75) is 32.2 Å². The summed E-state index contributed by atoms with van der Waals surface area (Å²) in [7, 11) is 1.97. The van der Waals surface area contributed by atoms with E-state index in [1.54, 1.807) is 0 Å². The number of hydrogen-bond donors (Lipinski definition) is 0. The Kier molecular flexibility index (Phi) is 4.28. The van der Waals surface area contributed by atoms with Crippen LogP contribution < -0.4 is 0 Å². The summed E-state index contributed by atoms with van der Waals surface area (Å²) >= 11 is 0. The molecule has 2 nitrogen and oxygen atoms in total. The quantitative estimate of drug-likeness (QED) is 0.472. The van der Waals surface area contributed by atoms with E-state index < -0.39 is 0 Å². The molecule has 0 aliphatic heterocycles. The molecule has 1 aliphatic rings. The average Bonchev–Trinajstić information content (AvgIpc) is 3.01. The molecule has 0 unspecified atom stereocenters. The molecule has 0 aromatic heterocycles. The van der Waals surface area contributed by atoms with Gasteiger partial charge in [-0.1, -0.05) is 19.6 Å². The summed E-state index contributed by atoms with van der Waals surface area (Å²) in [6.07, 6.45) is 5.18. The van der Waals surface area contributed by atoms with Crippen LogP contribution in [0.5, 0.6) is 0 Å². The third-order valence-corrected chi connectivity index (χ3v) is 3.08. The topological polar surface area (TPSA) is 20.3 Å². The first kappa shape index (κ1) is 12.2. The van der Waals surface area contributed by atoms with Crippen LogP contribution in [0.25, 0.3) is 0 Å². The lowest BCUT2D eigenvalue weighted by Crippen LogP contribution is -2.34. The molecule has 1 fully saturated rings. The molecule has 0 spiro atoms. The fraction of sp³-hybridized carbons (Fsp3) is 0.615. The van der Waals surface area contributed by atoms with Crippen LogP contribution in [0.3, 0.4) is 0 Å². The third-order valence-electron chi connectivity index (χ3n) is 3.08. The number of carbonyl (C=O) groups is 1. The molecule has 1 atom stereocenters. The van der Waals surface area contributed by atoms with E-state index in [4.69, 9.17) is 0 Å². The summed E-state index contributed by atoms with van der Waals surface area (Å²) in [5, 5.41) is 0. The van der Waals surface area contributed by atoms with Gasteiger partial charge in [0.1, 0.15) is 0 Å². The molecule has 1 aliphatic carbocycles. The fourth-order valence-corrected chi connectivity index (χ4v) is 1.76. The first-order valence-corrected chi connectivity index (χ1v) is 5.64. The van der Waals surface area contributed by atoms with E-state index in [9.17, 15) is 4.79 Å². The first-order chi connectivity index (χ1) is 7.10. The monoisotopic (exact) mass is 207 g/mol. The minimum Gasteiger partial charge on any atom is -0.293 e. The molecular formula is C13H21NO. The van der Waals surface area contributed by atoms with Gasteiger partial charge in [-0.25, -0.2) is 0 Å². The predicted molar refractivity (Wildman–Crippen MR) is 63.8 cm³/mol. The second-order valence-electron chi connectivity index (χ2n) is 4.35. The largest absolute Gasteiger partial charge is 0.293 e. The highest BCUT2D eigenvalue weighted by Gasteiger charge is 2.29. The smallest absolute Gasteiger partial charge is 0.172 e. The lowest BCUT2D eigenvalue weighted by Gasteiger charge is -2.23. The summed E-state index contributed by atoms with van der Waals surface area (Å²) in [4.78, 5) is 13.8. The van der Waals surface area contributed by atoms with Crippen molar-refractivity contribution in [2.75, 3.05) is 13.6 Å². The maximum absolute atomic E-state index is 11.8. The molecule has 1 saturated carbocycles. The molecule has 2 heteroatoms. The molecule has 0 aromatic rings. The van der Waals surface area contributed by atoms with Crippen molar-refractivity contribution in [3.8, 4) is 0 Å². The standard InChI is InChI=1S/C13H21NO/c1-5-12(6-2)14(4)9-13(15)10(3)11-7-8-11/h5,11-12H,1,3,6-9H2,2,4H3/t12-/m0/s1. The maximum Gasteiger partial charge on any atom is 0.172 e. The van der Waals surface area contributed by atoms with Crippen LogP contribution >= 0.6 is 0 Å². The number of hydrogen-bond acceptors (Lipinski definition) is 2. The zero-order chi connectivity index (χ0) is 11.4. The van der Waals surface area contributed by atoms with Gasteiger partial charge >= 0.3 is 0 Å². The van der Waals surface area contributed by atoms with Crippen LogP contribution in [0.2, 0.25) is 0 Å². The van der Waals surface area contributed by atoms with Gasteiger partial charge in [-0.05, 0) is 37.8 Å². The van der Waals surface area contributed by atoms with Crippen LogP contribution in [-0.4, -0.2) is 30.3 Å². The molecule has 84 valence electrons. The van der Waals surface area contributed by atoms with Gasteiger partial charge in [-0.2, -0.15) is 0 Å². The number of likely N-dealkylation sites (N-methyl/N-ethyl adjacent to an activating group) is 1. The second-order valence-corrected chi connectivity index (χ2v) is 4.35. The van der Waals surface area contributed by atoms with Crippen molar-refractivity contribution in [1.82, 2.24) is 4.90 Å². The van der Waals surface area contributed by atoms with Crippen LogP contribution in [0.1, 0.15) is 26.2 Å². The molecule has 0 bridgehead atoms. The molecular weight excluding hydrogens is 186 g/mol. The van der Waals surface area contributed by atoms with Crippen molar-refractivity contribution < 1.29 is 4.79 Å². The maximum atomic E-state index is 11.8. The van der Waals surface area contributed by atoms with Gasteiger partial charge in [0.25, 0.3) is 0 Å². The minimum absolute atomic E-state index is 0.195. The van der Waals surface area contributed by atoms with Crippen molar-refractivity contribution in [3.05, 3.63) is 24.8 Å². The van der Waals surface area contributed by atoms with Gasteiger partial charge in [-0.15, -0.1) is 6.58 Å². The van der Waals surface area contributed by atoms with E-state index in [0.717, 1.165) is 24.8 Å². The Bertz CT molecular complexity index is 266. The van der Waals surface area contributed by atoms with Crippen molar-refractivity contribution in [3.63, 3.8) is 0 Å². The summed E-state index contributed by atoms with van der Waals surface area (Å²) in [5.74, 6) is 0.676. The van der Waals surface area contributed by atoms with Crippen LogP contribution in [-0.2, 0) is 4.79 Å². The first-order valence-electron chi connectivity index (χ1n) is 5.64. The average molecular weight is 207 g/mol. The van der Waals surface area contributed by atoms with E-state index in [2.05, 4.69) is 20.1 Å². The van der Waals surface area contributed by atoms with E-state index in [1.165, 1.54) is 0 Å². The summed E-state index contributed by atoms with van der Waals surface area (Å²) in [6.45, 7) is 10.2. The highest BCUT2D eigenvalue weighted by molar-refractivity contribution is 5.97. The summed E-state index contributed by atoms with van der Waals surface area (Å²) in [5.41, 5.74) is 0.820. The zero-order valence-corrected chi connectivity index (χ0v) is 9.83. The van der Waals surface area contributed by atoms with Crippen LogP contribution in [0.15, 0.2) is 24.8 Å². The number of rotatable bonds is 7. The molecule has 0 N–H and O–H groups in total. The Hall–Kier alpha value is -0.890. The number of carbonyl (C=O) groups excluding carboxylic acids is 1. The number of nitrogens with zero attached hydrogens (tertiary/aromatic N) is 1. The van der Waals surface area contributed by atoms with Crippen molar-refractivity contribution in [2.24, 2.45) is 5.92 Å².